The van der Waals surface area contributed by atoms with Crippen LogP contribution < -0.4 is 0 Å². The minimum Gasteiger partial charge on any atom is -0.390 e. The molecule has 0 saturated heterocycles. The van der Waals surface area contributed by atoms with Crippen molar-refractivity contribution in [1.29, 1.82) is 0 Å². The van der Waals surface area contributed by atoms with Crippen LogP contribution in [0.5, 0.6) is 0 Å². The van der Waals surface area contributed by atoms with Crippen LogP contribution in [0, 0.1) is 23.2 Å². The summed E-state index contributed by atoms with van der Waals surface area (Å²) in [5.74, 6) is 2.16. The van der Waals surface area contributed by atoms with E-state index in [0.717, 1.165) is 30.8 Å². The molecule has 6 atom stereocenters. The Bertz CT molecular complexity index is 683. The summed E-state index contributed by atoms with van der Waals surface area (Å²) in [6, 6.07) is 0. The van der Waals surface area contributed by atoms with Gasteiger partial charge in [-0.25, -0.2) is 0 Å². The third kappa shape index (κ3) is 5.29. The first-order chi connectivity index (χ1) is 14.0. The van der Waals surface area contributed by atoms with E-state index in [2.05, 4.69) is 26.5 Å². The number of aliphatic hydroxyl groups excluding tert-OH is 2. The van der Waals surface area contributed by atoms with Crippen molar-refractivity contribution < 1.29 is 15.3 Å². The van der Waals surface area contributed by atoms with Crippen LogP contribution in [0.4, 0.5) is 0 Å². The lowest BCUT2D eigenvalue weighted by atomic mass is 9.60. The van der Waals surface area contributed by atoms with Gasteiger partial charge in [0.2, 0.25) is 0 Å². The zero-order valence-corrected chi connectivity index (χ0v) is 19.7. The van der Waals surface area contributed by atoms with Gasteiger partial charge in [-0.15, -0.1) is 0 Å². The highest BCUT2D eigenvalue weighted by Gasteiger charge is 2.50. The molecule has 0 amide bonds. The van der Waals surface area contributed by atoms with Crippen molar-refractivity contribution in [2.45, 2.75) is 110 Å². The highest BCUT2D eigenvalue weighted by molar-refractivity contribution is 5.29. The molecule has 0 aromatic carbocycles. The Morgan fingerprint density at radius 3 is 2.70 bits per heavy atom. The van der Waals surface area contributed by atoms with E-state index in [1.54, 1.807) is 5.57 Å². The van der Waals surface area contributed by atoms with Crippen molar-refractivity contribution in [3.05, 3.63) is 35.5 Å². The van der Waals surface area contributed by atoms with Crippen LogP contribution in [0.1, 0.15) is 91.9 Å². The van der Waals surface area contributed by atoms with Gasteiger partial charge in [0, 0.05) is 0 Å². The van der Waals surface area contributed by atoms with E-state index in [9.17, 15) is 15.3 Å². The van der Waals surface area contributed by atoms with Gasteiger partial charge in [-0.2, -0.15) is 0 Å². The quantitative estimate of drug-likeness (QED) is 0.466. The van der Waals surface area contributed by atoms with Gasteiger partial charge in [-0.1, -0.05) is 56.6 Å². The SMILES string of the molecule is C=C1C(O)C=C(C/C=C2\CCC[C@]3(C)[C@@H]([C@@H](C)CCCC(C)(C)O)CC[C@@H]23)C[C@H]1O. The highest BCUT2D eigenvalue weighted by atomic mass is 16.3. The fraction of sp³-hybridized carbons (Fsp3) is 0.778. The van der Waals surface area contributed by atoms with Gasteiger partial charge in [-0.05, 0) is 94.0 Å². The fourth-order valence-corrected chi connectivity index (χ4v) is 6.71. The molecular formula is C27H44O3. The van der Waals surface area contributed by atoms with E-state index in [0.29, 0.717) is 29.2 Å². The molecule has 3 rings (SSSR count). The van der Waals surface area contributed by atoms with Gasteiger partial charge < -0.3 is 15.3 Å². The van der Waals surface area contributed by atoms with Gasteiger partial charge in [-0.3, -0.25) is 0 Å². The van der Waals surface area contributed by atoms with Crippen molar-refractivity contribution in [2.24, 2.45) is 23.2 Å². The molecule has 1 unspecified atom stereocenters. The Kier molecular flexibility index (Phi) is 7.37. The Hall–Kier alpha value is -0.900. The van der Waals surface area contributed by atoms with Crippen LogP contribution in [0.3, 0.4) is 0 Å². The summed E-state index contributed by atoms with van der Waals surface area (Å²) < 4.78 is 0. The molecule has 0 heterocycles. The Morgan fingerprint density at radius 2 is 2.03 bits per heavy atom. The summed E-state index contributed by atoms with van der Waals surface area (Å²) in [6.07, 6.45) is 14.0. The fourth-order valence-electron chi connectivity index (χ4n) is 6.71. The second kappa shape index (κ2) is 9.30. The minimum absolute atomic E-state index is 0.395. The lowest BCUT2D eigenvalue weighted by Gasteiger charge is -2.44. The number of hydrogen-bond acceptors (Lipinski definition) is 3. The third-order valence-electron chi connectivity index (χ3n) is 8.46. The largest absolute Gasteiger partial charge is 0.390 e. The van der Waals surface area contributed by atoms with Crippen LogP contribution in [-0.2, 0) is 0 Å². The first kappa shape index (κ1) is 23.8. The van der Waals surface area contributed by atoms with Crippen molar-refractivity contribution in [1.82, 2.24) is 0 Å². The van der Waals surface area contributed by atoms with Crippen LogP contribution in [0.2, 0.25) is 0 Å². The molecule has 2 fully saturated rings. The molecule has 3 aliphatic rings. The van der Waals surface area contributed by atoms with Gasteiger partial charge in [0.05, 0.1) is 17.8 Å². The number of allylic oxidation sites excluding steroid dienone is 2. The number of fused-ring (bicyclic) bond motifs is 1. The maximum atomic E-state index is 10.1. The second-order valence-electron chi connectivity index (χ2n) is 11.3. The van der Waals surface area contributed by atoms with Gasteiger partial charge in [0.15, 0.2) is 0 Å². The maximum Gasteiger partial charge on any atom is 0.0956 e. The number of hydrogen-bond donors (Lipinski definition) is 3. The minimum atomic E-state index is -0.709. The molecule has 0 radical (unpaired) electrons. The van der Waals surface area contributed by atoms with Crippen LogP contribution >= 0.6 is 0 Å². The second-order valence-corrected chi connectivity index (χ2v) is 11.3. The smallest absolute Gasteiger partial charge is 0.0956 e. The first-order valence-electron chi connectivity index (χ1n) is 12.2. The van der Waals surface area contributed by atoms with Gasteiger partial charge in [0.25, 0.3) is 0 Å². The predicted molar refractivity (Wildman–Crippen MR) is 124 cm³/mol. The van der Waals surface area contributed by atoms with Crippen molar-refractivity contribution in [2.75, 3.05) is 0 Å². The average Bonchev–Trinajstić information content (AvgIpc) is 3.00. The molecule has 0 aromatic heterocycles. The zero-order valence-electron chi connectivity index (χ0n) is 19.7. The molecule has 30 heavy (non-hydrogen) atoms. The Balaban J connectivity index is 1.65. The van der Waals surface area contributed by atoms with E-state index >= 15 is 0 Å². The van der Waals surface area contributed by atoms with E-state index in [-0.39, 0.29) is 0 Å². The summed E-state index contributed by atoms with van der Waals surface area (Å²) in [4.78, 5) is 0. The molecule has 3 aliphatic carbocycles. The predicted octanol–water partition coefficient (Wildman–Crippen LogP) is 5.70. The molecule has 170 valence electrons. The van der Waals surface area contributed by atoms with E-state index < -0.39 is 17.8 Å². The van der Waals surface area contributed by atoms with Crippen LogP contribution in [-0.4, -0.2) is 33.1 Å². The van der Waals surface area contributed by atoms with E-state index in [1.165, 1.54) is 38.5 Å². The topological polar surface area (TPSA) is 60.7 Å². The molecule has 3 N–H and O–H groups in total. The average molecular weight is 417 g/mol. The number of rotatable bonds is 7. The van der Waals surface area contributed by atoms with Crippen LogP contribution in [0.25, 0.3) is 0 Å². The summed E-state index contributed by atoms with van der Waals surface area (Å²) >= 11 is 0. The van der Waals surface area contributed by atoms with Crippen molar-refractivity contribution in [3.63, 3.8) is 0 Å². The summed E-state index contributed by atoms with van der Waals surface area (Å²) in [5, 5.41) is 30.3. The lowest BCUT2D eigenvalue weighted by Crippen LogP contribution is -2.36. The maximum absolute atomic E-state index is 10.1. The standard InChI is InChI=1S/C27H44O3/c1-18(8-6-14-26(3,4)30)22-12-13-23-21(9-7-15-27(22,23)5)11-10-20-16-24(28)19(2)25(29)17-20/h11,16,18,22-25,28-30H,2,6-10,12-15,17H2,1,3-5H3/b21-11+/t18-,22+,23-,24?,25+,27+/m0/s1. The number of aliphatic hydroxyl groups is 3. The molecule has 0 aliphatic heterocycles. The molecule has 0 spiro atoms. The molecule has 0 bridgehead atoms. The lowest BCUT2D eigenvalue weighted by molar-refractivity contribution is 0.0596. The van der Waals surface area contributed by atoms with Crippen molar-refractivity contribution in [3.8, 4) is 0 Å². The molecule has 3 nitrogen and oxygen atoms in total. The van der Waals surface area contributed by atoms with Gasteiger partial charge in [0.1, 0.15) is 0 Å². The molecule has 3 heteroatoms. The Labute approximate surface area is 184 Å². The molecular weight excluding hydrogens is 372 g/mol. The van der Waals surface area contributed by atoms with Crippen molar-refractivity contribution >= 4 is 0 Å². The highest BCUT2D eigenvalue weighted by Crippen LogP contribution is 2.60. The zero-order chi connectivity index (χ0) is 22.1. The Morgan fingerprint density at radius 1 is 1.30 bits per heavy atom. The monoisotopic (exact) mass is 416 g/mol. The molecule has 2 saturated carbocycles. The normalized spacial score (nSPS) is 37.2. The van der Waals surface area contributed by atoms with Gasteiger partial charge >= 0.3 is 0 Å². The van der Waals surface area contributed by atoms with E-state index in [1.807, 2.05) is 19.9 Å². The third-order valence-corrected chi connectivity index (χ3v) is 8.46. The first-order valence-corrected chi connectivity index (χ1v) is 12.2. The summed E-state index contributed by atoms with van der Waals surface area (Å²) in [7, 11) is 0. The van der Waals surface area contributed by atoms with Crippen LogP contribution in [0.15, 0.2) is 35.5 Å². The summed E-state index contributed by atoms with van der Waals surface area (Å²) in [6.45, 7) is 12.6. The summed E-state index contributed by atoms with van der Waals surface area (Å²) in [5.41, 5.74) is 3.12. The molecule has 0 aromatic rings. The van der Waals surface area contributed by atoms with E-state index in [4.69, 9.17) is 0 Å².